The van der Waals surface area contributed by atoms with E-state index >= 15 is 0 Å². The largest absolute Gasteiger partial charge is 0.462 e. The number of esters is 1. The molecule has 3 heterocycles. The van der Waals surface area contributed by atoms with Gasteiger partial charge in [0.1, 0.15) is 11.9 Å². The van der Waals surface area contributed by atoms with Crippen LogP contribution in [0.5, 0.6) is 0 Å². The summed E-state index contributed by atoms with van der Waals surface area (Å²) in [5.41, 5.74) is 8.43. The lowest BCUT2D eigenvalue weighted by Crippen LogP contribution is -2.41. The average Bonchev–Trinajstić information content (AvgIpc) is 3.53. The molecular weight excluding hydrogens is 429 g/mol. The zero-order chi connectivity index (χ0) is 22.2. The van der Waals surface area contributed by atoms with Crippen molar-refractivity contribution in [1.82, 2.24) is 10.9 Å². The summed E-state index contributed by atoms with van der Waals surface area (Å²) in [5, 5.41) is 2.01. The number of hydrogen-bond donors (Lipinski definition) is 2. The first-order valence-electron chi connectivity index (χ1n) is 10.5. The lowest BCUT2D eigenvalue weighted by Gasteiger charge is -2.31. The van der Waals surface area contributed by atoms with E-state index in [-0.39, 0.29) is 29.7 Å². The molecular formula is C24H22FN3O3S. The van der Waals surface area contributed by atoms with Gasteiger partial charge < -0.3 is 9.64 Å². The number of nitrogens with zero attached hydrogens (tertiary/aromatic N) is 1. The summed E-state index contributed by atoms with van der Waals surface area (Å²) in [6.07, 6.45) is 0. The summed E-state index contributed by atoms with van der Waals surface area (Å²) in [6.45, 7) is 2.05. The first kappa shape index (κ1) is 20.8. The smallest absolute Gasteiger partial charge is 0.338 e. The van der Waals surface area contributed by atoms with Crippen molar-refractivity contribution in [3.8, 4) is 0 Å². The molecule has 0 saturated carbocycles. The Balaban J connectivity index is 1.56. The van der Waals surface area contributed by atoms with E-state index in [2.05, 4.69) is 16.9 Å². The number of carbonyl (C=O) groups is 2. The summed E-state index contributed by atoms with van der Waals surface area (Å²) >= 11 is 1.63. The van der Waals surface area contributed by atoms with E-state index in [1.807, 2.05) is 11.4 Å². The predicted octanol–water partition coefficient (Wildman–Crippen LogP) is 3.99. The van der Waals surface area contributed by atoms with Crippen molar-refractivity contribution in [3.63, 3.8) is 0 Å². The van der Waals surface area contributed by atoms with Gasteiger partial charge in [-0.15, -0.1) is 11.3 Å². The number of fused-ring (bicyclic) bond motifs is 1. The van der Waals surface area contributed by atoms with Crippen LogP contribution in [0.4, 0.5) is 10.1 Å². The maximum absolute atomic E-state index is 13.7. The van der Waals surface area contributed by atoms with Crippen LogP contribution >= 0.6 is 11.3 Å². The molecule has 2 N–H and O–H groups in total. The van der Waals surface area contributed by atoms with Crippen LogP contribution in [0.25, 0.3) is 0 Å². The van der Waals surface area contributed by atoms with Crippen LogP contribution < -0.4 is 15.8 Å². The molecule has 2 fully saturated rings. The van der Waals surface area contributed by atoms with Crippen LogP contribution in [0.3, 0.4) is 0 Å². The van der Waals surface area contributed by atoms with Crippen molar-refractivity contribution in [2.24, 2.45) is 5.92 Å². The lowest BCUT2D eigenvalue weighted by atomic mass is 9.85. The molecule has 1 amide bonds. The van der Waals surface area contributed by atoms with Crippen LogP contribution in [0.1, 0.15) is 39.8 Å². The standard InChI is InChI=1S/C24H22FN3O3S/c1-2-31-24(30)15-7-11-17(12-8-15)28-22(14-5-9-16(25)10-6-14)19-20(18-4-3-13-32-18)26-27-21(19)23(28)29/h3-13,19-22,26-27H,2H2,1H3. The number of amides is 1. The number of rotatable bonds is 5. The van der Waals surface area contributed by atoms with Gasteiger partial charge in [0.05, 0.1) is 24.3 Å². The van der Waals surface area contributed by atoms with Crippen LogP contribution in [0, 0.1) is 11.7 Å². The van der Waals surface area contributed by atoms with Crippen LogP contribution in [-0.2, 0) is 9.53 Å². The second-order valence-electron chi connectivity index (χ2n) is 7.81. The van der Waals surface area contributed by atoms with Crippen molar-refractivity contribution < 1.29 is 18.7 Å². The second-order valence-corrected chi connectivity index (χ2v) is 8.79. The number of hydrogen-bond acceptors (Lipinski definition) is 6. The molecule has 32 heavy (non-hydrogen) atoms. The normalized spacial score (nSPS) is 24.6. The summed E-state index contributed by atoms with van der Waals surface area (Å²) in [7, 11) is 0. The van der Waals surface area contributed by atoms with Gasteiger partial charge in [-0.3, -0.25) is 4.79 Å². The molecule has 0 radical (unpaired) electrons. The quantitative estimate of drug-likeness (QED) is 0.574. The van der Waals surface area contributed by atoms with E-state index in [4.69, 9.17) is 4.74 Å². The fourth-order valence-electron chi connectivity index (χ4n) is 4.64. The van der Waals surface area contributed by atoms with Crippen LogP contribution in [0.15, 0.2) is 66.0 Å². The second kappa shape index (κ2) is 8.46. The van der Waals surface area contributed by atoms with E-state index in [1.54, 1.807) is 59.6 Å². The highest BCUT2D eigenvalue weighted by Gasteiger charge is 2.56. The Morgan fingerprint density at radius 1 is 1.06 bits per heavy atom. The Hall–Kier alpha value is -3.07. The molecule has 5 rings (SSSR count). The Bertz CT molecular complexity index is 1120. The number of carbonyl (C=O) groups excluding carboxylic acids is 2. The molecule has 0 bridgehead atoms. The van der Waals surface area contributed by atoms with Gasteiger partial charge in [0.2, 0.25) is 5.91 Å². The summed E-state index contributed by atoms with van der Waals surface area (Å²) in [5.74, 6) is -0.893. The fraction of sp³-hybridized carbons (Fsp3) is 0.250. The van der Waals surface area contributed by atoms with Gasteiger partial charge in [0.25, 0.3) is 0 Å². The molecule has 1 aromatic heterocycles. The zero-order valence-electron chi connectivity index (χ0n) is 17.3. The fourth-order valence-corrected chi connectivity index (χ4v) is 5.47. The first-order chi connectivity index (χ1) is 15.6. The summed E-state index contributed by atoms with van der Waals surface area (Å²) in [4.78, 5) is 28.5. The first-order valence-corrected chi connectivity index (χ1v) is 11.4. The molecule has 6 nitrogen and oxygen atoms in total. The van der Waals surface area contributed by atoms with Crippen molar-refractivity contribution in [2.75, 3.05) is 11.5 Å². The molecule has 8 heteroatoms. The van der Waals surface area contributed by atoms with E-state index in [1.165, 1.54) is 12.1 Å². The van der Waals surface area contributed by atoms with E-state index < -0.39 is 12.0 Å². The molecule has 2 saturated heterocycles. The molecule has 0 spiro atoms. The monoisotopic (exact) mass is 451 g/mol. The third-order valence-electron chi connectivity index (χ3n) is 6.03. The molecule has 4 unspecified atom stereocenters. The van der Waals surface area contributed by atoms with Crippen molar-refractivity contribution in [1.29, 1.82) is 0 Å². The maximum Gasteiger partial charge on any atom is 0.338 e. The van der Waals surface area contributed by atoms with Crippen molar-refractivity contribution in [3.05, 3.63) is 87.9 Å². The Morgan fingerprint density at radius 2 is 1.78 bits per heavy atom. The molecule has 4 atom stereocenters. The highest BCUT2D eigenvalue weighted by atomic mass is 32.1. The Kier molecular flexibility index (Phi) is 5.50. The van der Waals surface area contributed by atoms with Gasteiger partial charge in [-0.1, -0.05) is 18.2 Å². The average molecular weight is 452 g/mol. The third-order valence-corrected chi connectivity index (χ3v) is 6.98. The SMILES string of the molecule is CCOC(=O)c1ccc(N2C(=O)C3NNC(c4cccs4)C3C2c2ccc(F)cc2)cc1. The van der Waals surface area contributed by atoms with Gasteiger partial charge in [0.15, 0.2) is 0 Å². The lowest BCUT2D eigenvalue weighted by molar-refractivity contribution is -0.119. The van der Waals surface area contributed by atoms with Crippen molar-refractivity contribution in [2.45, 2.75) is 25.0 Å². The minimum atomic E-state index is -0.429. The van der Waals surface area contributed by atoms with E-state index in [0.29, 0.717) is 17.9 Å². The Morgan fingerprint density at radius 3 is 2.44 bits per heavy atom. The molecule has 0 aliphatic carbocycles. The molecule has 2 aliphatic rings. The highest BCUT2D eigenvalue weighted by molar-refractivity contribution is 7.10. The summed E-state index contributed by atoms with van der Waals surface area (Å²) in [6, 6.07) is 16.4. The number of halogens is 1. The molecule has 3 aromatic rings. The van der Waals surface area contributed by atoms with Gasteiger partial charge >= 0.3 is 5.97 Å². The minimum Gasteiger partial charge on any atom is -0.462 e. The molecule has 2 aromatic carbocycles. The number of hydrazine groups is 1. The minimum absolute atomic E-state index is 0.0668. The van der Waals surface area contributed by atoms with E-state index in [9.17, 15) is 14.0 Å². The topological polar surface area (TPSA) is 70.7 Å². The number of benzene rings is 2. The van der Waals surface area contributed by atoms with Crippen LogP contribution in [0.2, 0.25) is 0 Å². The summed E-state index contributed by atoms with van der Waals surface area (Å²) < 4.78 is 18.7. The predicted molar refractivity (Wildman–Crippen MR) is 120 cm³/mol. The highest BCUT2D eigenvalue weighted by Crippen LogP contribution is 2.49. The number of thiophene rings is 1. The Labute approximate surface area is 189 Å². The molecule has 2 aliphatic heterocycles. The molecule has 164 valence electrons. The zero-order valence-corrected chi connectivity index (χ0v) is 18.1. The third kappa shape index (κ3) is 3.50. The van der Waals surface area contributed by atoms with Crippen molar-refractivity contribution >= 4 is 28.9 Å². The van der Waals surface area contributed by atoms with E-state index in [0.717, 1.165) is 10.4 Å². The number of anilines is 1. The van der Waals surface area contributed by atoms with Crippen LogP contribution in [-0.4, -0.2) is 24.5 Å². The van der Waals surface area contributed by atoms with Gasteiger partial charge in [-0.2, -0.15) is 0 Å². The maximum atomic E-state index is 13.7. The number of ether oxygens (including phenoxy) is 1. The number of nitrogens with one attached hydrogen (secondary N) is 2. The van der Waals surface area contributed by atoms with Gasteiger partial charge in [-0.25, -0.2) is 20.0 Å². The van der Waals surface area contributed by atoms with Gasteiger partial charge in [0, 0.05) is 16.5 Å². The van der Waals surface area contributed by atoms with Gasteiger partial charge in [-0.05, 0) is 60.3 Å².